The highest BCUT2D eigenvalue weighted by molar-refractivity contribution is 5.53. The van der Waals surface area contributed by atoms with E-state index in [0.29, 0.717) is 52.7 Å². The Balaban J connectivity index is 1.87. The number of aliphatic hydroxyl groups excluding tert-OH is 2. The zero-order chi connectivity index (χ0) is 21.3. The molecule has 2 rings (SSSR count). The molecule has 0 bridgehead atoms. The van der Waals surface area contributed by atoms with E-state index in [1.165, 1.54) is 0 Å². The van der Waals surface area contributed by atoms with Crippen LogP contribution in [-0.4, -0.2) is 76.2 Å². The first-order chi connectivity index (χ1) is 14.8. The average Bonchev–Trinajstić information content (AvgIpc) is 2.79. The second kappa shape index (κ2) is 15.5. The Hall–Kier alpha value is -2.36. The number of aliphatic hydroxyl groups is 2. The Kier molecular flexibility index (Phi) is 12.3. The van der Waals surface area contributed by atoms with Gasteiger partial charge in [-0.1, -0.05) is 18.2 Å². The molecule has 2 N–H and O–H groups in total. The molecule has 8 nitrogen and oxygen atoms in total. The SMILES string of the molecule is OCCOCCOCCN(CCOCCO)c1ccc(N=Nc2ccccc2)cc1. The predicted octanol–water partition coefficient (Wildman–Crippen LogP) is 2.94. The molecule has 0 fully saturated rings. The second-order valence-corrected chi connectivity index (χ2v) is 6.32. The molecule has 0 unspecified atom stereocenters. The highest BCUT2D eigenvalue weighted by Crippen LogP contribution is 2.22. The van der Waals surface area contributed by atoms with Crippen LogP contribution < -0.4 is 4.90 Å². The molecule has 0 heterocycles. The van der Waals surface area contributed by atoms with Crippen molar-refractivity contribution in [3.8, 4) is 0 Å². The van der Waals surface area contributed by atoms with Gasteiger partial charge in [-0.05, 0) is 36.4 Å². The molecule has 30 heavy (non-hydrogen) atoms. The van der Waals surface area contributed by atoms with Crippen molar-refractivity contribution in [1.82, 2.24) is 0 Å². The van der Waals surface area contributed by atoms with Crippen molar-refractivity contribution < 1.29 is 24.4 Å². The molecule has 0 atom stereocenters. The topological polar surface area (TPSA) is 96.1 Å². The molecule has 0 aliphatic heterocycles. The maximum Gasteiger partial charge on any atom is 0.0858 e. The van der Waals surface area contributed by atoms with Gasteiger partial charge in [0.25, 0.3) is 0 Å². The molecule has 2 aromatic rings. The largest absolute Gasteiger partial charge is 0.394 e. The van der Waals surface area contributed by atoms with Crippen LogP contribution in [0.15, 0.2) is 64.8 Å². The predicted molar refractivity (Wildman–Crippen MR) is 116 cm³/mol. The summed E-state index contributed by atoms with van der Waals surface area (Å²) in [6, 6.07) is 17.4. The molecule has 0 aromatic heterocycles. The molecule has 0 amide bonds. The van der Waals surface area contributed by atoms with Gasteiger partial charge in [0.05, 0.1) is 64.2 Å². The van der Waals surface area contributed by atoms with E-state index in [1.807, 2.05) is 54.6 Å². The van der Waals surface area contributed by atoms with Crippen LogP contribution in [0.1, 0.15) is 0 Å². The van der Waals surface area contributed by atoms with Crippen molar-refractivity contribution in [3.63, 3.8) is 0 Å². The van der Waals surface area contributed by atoms with Gasteiger partial charge in [0.2, 0.25) is 0 Å². The smallest absolute Gasteiger partial charge is 0.0858 e. The lowest BCUT2D eigenvalue weighted by atomic mass is 10.2. The van der Waals surface area contributed by atoms with Gasteiger partial charge in [-0.25, -0.2) is 0 Å². The van der Waals surface area contributed by atoms with E-state index in [9.17, 15) is 0 Å². The van der Waals surface area contributed by atoms with Gasteiger partial charge in [0, 0.05) is 18.8 Å². The number of anilines is 1. The fourth-order valence-electron chi connectivity index (χ4n) is 2.61. The molecule has 0 saturated heterocycles. The molecule has 8 heteroatoms. The molecule has 0 spiro atoms. The van der Waals surface area contributed by atoms with E-state index in [2.05, 4.69) is 15.1 Å². The summed E-state index contributed by atoms with van der Waals surface area (Å²) in [6.45, 7) is 4.03. The normalized spacial score (nSPS) is 11.3. The number of nitrogens with zero attached hydrogens (tertiary/aromatic N) is 3. The number of benzene rings is 2. The first kappa shape index (κ1) is 23.9. The maximum atomic E-state index is 8.87. The minimum absolute atomic E-state index is 0.0120. The summed E-state index contributed by atoms with van der Waals surface area (Å²) in [5.41, 5.74) is 2.61. The summed E-state index contributed by atoms with van der Waals surface area (Å²) >= 11 is 0. The molecular formula is C22H31N3O5. The Morgan fingerprint density at radius 3 is 1.67 bits per heavy atom. The van der Waals surface area contributed by atoms with Crippen molar-refractivity contribution in [2.45, 2.75) is 0 Å². The van der Waals surface area contributed by atoms with E-state index in [0.717, 1.165) is 17.1 Å². The number of ether oxygens (including phenoxy) is 3. The lowest BCUT2D eigenvalue weighted by molar-refractivity contribution is 0.0347. The summed E-state index contributed by atoms with van der Waals surface area (Å²) in [6.07, 6.45) is 0. The van der Waals surface area contributed by atoms with E-state index >= 15 is 0 Å². The van der Waals surface area contributed by atoms with Crippen molar-refractivity contribution in [2.24, 2.45) is 10.2 Å². The van der Waals surface area contributed by atoms with Gasteiger partial charge in [0.1, 0.15) is 0 Å². The summed E-state index contributed by atoms with van der Waals surface area (Å²) in [5.74, 6) is 0. The third-order valence-corrected chi connectivity index (χ3v) is 4.11. The average molecular weight is 418 g/mol. The van der Waals surface area contributed by atoms with E-state index < -0.39 is 0 Å². The van der Waals surface area contributed by atoms with Crippen molar-refractivity contribution in [1.29, 1.82) is 0 Å². The van der Waals surface area contributed by atoms with Gasteiger partial charge in [0.15, 0.2) is 0 Å². The van der Waals surface area contributed by atoms with Crippen LogP contribution in [0.25, 0.3) is 0 Å². The summed E-state index contributed by atoms with van der Waals surface area (Å²) in [7, 11) is 0. The van der Waals surface area contributed by atoms with E-state index in [-0.39, 0.29) is 13.2 Å². The van der Waals surface area contributed by atoms with Crippen molar-refractivity contribution >= 4 is 17.1 Å². The van der Waals surface area contributed by atoms with Crippen molar-refractivity contribution in [3.05, 3.63) is 54.6 Å². The van der Waals surface area contributed by atoms with Crippen LogP contribution in [-0.2, 0) is 14.2 Å². The summed E-state index contributed by atoms with van der Waals surface area (Å²) in [5, 5.41) is 26.1. The highest BCUT2D eigenvalue weighted by Gasteiger charge is 2.07. The maximum absolute atomic E-state index is 8.87. The summed E-state index contributed by atoms with van der Waals surface area (Å²) < 4.78 is 16.2. The van der Waals surface area contributed by atoms with Gasteiger partial charge in [-0.3, -0.25) is 0 Å². The second-order valence-electron chi connectivity index (χ2n) is 6.32. The molecule has 164 valence electrons. The van der Waals surface area contributed by atoms with Crippen LogP contribution >= 0.6 is 0 Å². The fourth-order valence-corrected chi connectivity index (χ4v) is 2.61. The number of azo groups is 1. The van der Waals surface area contributed by atoms with Gasteiger partial charge in [-0.15, -0.1) is 0 Å². The highest BCUT2D eigenvalue weighted by atomic mass is 16.5. The Bertz CT molecular complexity index is 698. The van der Waals surface area contributed by atoms with Gasteiger partial charge in [-0.2, -0.15) is 10.2 Å². The molecule has 0 aliphatic rings. The third-order valence-electron chi connectivity index (χ3n) is 4.11. The minimum Gasteiger partial charge on any atom is -0.394 e. The third kappa shape index (κ3) is 9.91. The van der Waals surface area contributed by atoms with Crippen molar-refractivity contribution in [2.75, 3.05) is 70.8 Å². The zero-order valence-electron chi connectivity index (χ0n) is 17.2. The molecule has 0 saturated carbocycles. The number of hydrogen-bond acceptors (Lipinski definition) is 8. The van der Waals surface area contributed by atoms with E-state index in [1.54, 1.807) is 0 Å². The van der Waals surface area contributed by atoms with Crippen LogP contribution in [0, 0.1) is 0 Å². The molecule has 2 aromatic carbocycles. The first-order valence-corrected chi connectivity index (χ1v) is 10.1. The monoisotopic (exact) mass is 417 g/mol. The van der Waals surface area contributed by atoms with Crippen LogP contribution in [0.3, 0.4) is 0 Å². The minimum atomic E-state index is 0.0120. The Morgan fingerprint density at radius 1 is 0.600 bits per heavy atom. The Labute approximate surface area is 177 Å². The molecule has 0 aliphatic carbocycles. The quantitative estimate of drug-likeness (QED) is 0.322. The van der Waals surface area contributed by atoms with E-state index in [4.69, 9.17) is 24.4 Å². The zero-order valence-corrected chi connectivity index (χ0v) is 17.2. The van der Waals surface area contributed by atoms with Crippen LogP contribution in [0.5, 0.6) is 0 Å². The number of rotatable bonds is 16. The van der Waals surface area contributed by atoms with Crippen LogP contribution in [0.4, 0.5) is 17.1 Å². The summed E-state index contributed by atoms with van der Waals surface area (Å²) in [4.78, 5) is 2.16. The standard InChI is InChI=1S/C22H31N3O5/c26-12-16-28-14-10-25(11-15-29-18-19-30-17-13-27)22-8-6-21(7-9-22)24-23-20-4-2-1-3-5-20/h1-9,26-27H,10-19H2. The Morgan fingerprint density at radius 2 is 1.10 bits per heavy atom. The lowest BCUT2D eigenvalue weighted by Crippen LogP contribution is -2.31. The fraction of sp³-hybridized carbons (Fsp3) is 0.455. The lowest BCUT2D eigenvalue weighted by Gasteiger charge is -2.25. The molecule has 0 radical (unpaired) electrons. The van der Waals surface area contributed by atoms with Crippen LogP contribution in [0.2, 0.25) is 0 Å². The van der Waals surface area contributed by atoms with Gasteiger partial charge < -0.3 is 29.3 Å². The number of hydrogen-bond donors (Lipinski definition) is 2. The first-order valence-electron chi connectivity index (χ1n) is 10.1. The van der Waals surface area contributed by atoms with Gasteiger partial charge >= 0.3 is 0 Å². The molecular weight excluding hydrogens is 386 g/mol.